The molecular formula is C20H22N2OS2. The number of rotatable bonds is 6. The van der Waals surface area contributed by atoms with Gasteiger partial charge < -0.3 is 10.1 Å². The van der Waals surface area contributed by atoms with Crippen LogP contribution < -0.4 is 0 Å². The second kappa shape index (κ2) is 7.68. The predicted molar refractivity (Wildman–Crippen MR) is 110 cm³/mol. The minimum atomic E-state index is -1.10. The molecule has 2 N–H and O–H groups in total. The SMILES string of the molecule is CSC(SC)=C(C)C(O)(Cc1nc2ccccc2[nH]1)c1ccccc1. The molecule has 25 heavy (non-hydrogen) atoms. The Labute approximate surface area is 157 Å². The maximum absolute atomic E-state index is 11.7. The Morgan fingerprint density at radius 1 is 1.04 bits per heavy atom. The van der Waals surface area contributed by atoms with Crippen LogP contribution in [0.5, 0.6) is 0 Å². The van der Waals surface area contributed by atoms with E-state index in [4.69, 9.17) is 0 Å². The van der Waals surface area contributed by atoms with Crippen molar-refractivity contribution in [2.75, 3.05) is 12.5 Å². The van der Waals surface area contributed by atoms with E-state index >= 15 is 0 Å². The van der Waals surface area contributed by atoms with Crippen LogP contribution in [0.1, 0.15) is 18.3 Å². The number of H-pyrrole nitrogens is 1. The van der Waals surface area contributed by atoms with Gasteiger partial charge in [-0.15, -0.1) is 23.5 Å². The normalized spacial score (nSPS) is 13.6. The molecule has 1 heterocycles. The Hall–Kier alpha value is -1.69. The first-order chi connectivity index (χ1) is 12.1. The maximum Gasteiger partial charge on any atom is 0.119 e. The molecule has 0 amide bonds. The summed E-state index contributed by atoms with van der Waals surface area (Å²) in [5.74, 6) is 0.786. The first-order valence-corrected chi connectivity index (χ1v) is 10.5. The van der Waals surface area contributed by atoms with Crippen LogP contribution in [0.3, 0.4) is 0 Å². The first-order valence-electron chi connectivity index (χ1n) is 8.09. The number of nitrogens with one attached hydrogen (secondary N) is 1. The number of aliphatic hydroxyl groups is 1. The Morgan fingerprint density at radius 2 is 1.68 bits per heavy atom. The van der Waals surface area contributed by atoms with E-state index in [1.807, 2.05) is 74.0 Å². The average molecular weight is 371 g/mol. The summed E-state index contributed by atoms with van der Waals surface area (Å²) in [5, 5.41) is 11.7. The van der Waals surface area contributed by atoms with Crippen LogP contribution in [-0.2, 0) is 12.0 Å². The van der Waals surface area contributed by atoms with Crippen LogP contribution in [-0.4, -0.2) is 27.6 Å². The maximum atomic E-state index is 11.7. The minimum absolute atomic E-state index is 0.405. The number of aromatic nitrogens is 2. The lowest BCUT2D eigenvalue weighted by Crippen LogP contribution is -2.31. The zero-order chi connectivity index (χ0) is 17.9. The van der Waals surface area contributed by atoms with Crippen LogP contribution in [0.2, 0.25) is 0 Å². The number of hydrogen-bond donors (Lipinski definition) is 2. The van der Waals surface area contributed by atoms with E-state index in [0.717, 1.165) is 32.2 Å². The van der Waals surface area contributed by atoms with Gasteiger partial charge in [-0.2, -0.15) is 0 Å². The van der Waals surface area contributed by atoms with E-state index in [9.17, 15) is 5.11 Å². The summed E-state index contributed by atoms with van der Waals surface area (Å²) < 4.78 is 1.13. The Balaban J connectivity index is 2.09. The third-order valence-corrected chi connectivity index (χ3v) is 6.76. The number of nitrogens with zero attached hydrogens (tertiary/aromatic N) is 1. The molecule has 0 fully saturated rings. The third-order valence-electron chi connectivity index (χ3n) is 4.41. The predicted octanol–water partition coefficient (Wildman–Crippen LogP) is 4.95. The van der Waals surface area contributed by atoms with Gasteiger partial charge in [-0.3, -0.25) is 0 Å². The van der Waals surface area contributed by atoms with Gasteiger partial charge in [0.15, 0.2) is 0 Å². The van der Waals surface area contributed by atoms with Crippen molar-refractivity contribution in [1.82, 2.24) is 9.97 Å². The molecule has 0 aliphatic rings. The smallest absolute Gasteiger partial charge is 0.119 e. The van der Waals surface area contributed by atoms with Gasteiger partial charge in [-0.1, -0.05) is 42.5 Å². The fourth-order valence-electron chi connectivity index (χ4n) is 3.06. The standard InChI is InChI=1S/C20H22N2OS2/c1-14(19(24-2)25-3)20(23,15-9-5-4-6-10-15)13-18-21-16-11-7-8-12-17(16)22-18/h4-12,23H,13H2,1-3H3,(H,21,22). The van der Waals surface area contributed by atoms with Crippen LogP contribution in [0.25, 0.3) is 11.0 Å². The molecule has 130 valence electrons. The van der Waals surface area contributed by atoms with Crippen molar-refractivity contribution in [3.8, 4) is 0 Å². The number of hydrogen-bond acceptors (Lipinski definition) is 4. The van der Waals surface area contributed by atoms with E-state index in [0.29, 0.717) is 6.42 Å². The van der Waals surface area contributed by atoms with Crippen molar-refractivity contribution in [3.63, 3.8) is 0 Å². The second-order valence-electron chi connectivity index (χ2n) is 5.92. The number of benzene rings is 2. The summed E-state index contributed by atoms with van der Waals surface area (Å²) >= 11 is 3.33. The van der Waals surface area contributed by atoms with E-state index in [-0.39, 0.29) is 0 Å². The van der Waals surface area contributed by atoms with E-state index < -0.39 is 5.60 Å². The molecule has 3 nitrogen and oxygen atoms in total. The molecule has 0 bridgehead atoms. The second-order valence-corrected chi connectivity index (χ2v) is 7.82. The van der Waals surface area contributed by atoms with Crippen LogP contribution in [0.15, 0.2) is 64.4 Å². The topological polar surface area (TPSA) is 48.9 Å². The minimum Gasteiger partial charge on any atom is -0.380 e. The molecular weight excluding hydrogens is 348 g/mol. The molecule has 0 saturated carbocycles. The van der Waals surface area contributed by atoms with Gasteiger partial charge in [-0.05, 0) is 42.7 Å². The van der Waals surface area contributed by atoms with Crippen molar-refractivity contribution < 1.29 is 5.11 Å². The molecule has 3 rings (SSSR count). The molecule has 0 spiro atoms. The molecule has 1 aromatic heterocycles. The first kappa shape index (κ1) is 18.1. The number of para-hydroxylation sites is 2. The summed E-state index contributed by atoms with van der Waals surface area (Å²) in [7, 11) is 0. The van der Waals surface area contributed by atoms with Crippen molar-refractivity contribution in [3.05, 3.63) is 75.8 Å². The molecule has 0 saturated heterocycles. The van der Waals surface area contributed by atoms with Gasteiger partial charge in [0.05, 0.1) is 11.0 Å². The number of aromatic amines is 1. The molecule has 0 aliphatic carbocycles. The summed E-state index contributed by atoms with van der Waals surface area (Å²) in [4.78, 5) is 8.01. The van der Waals surface area contributed by atoms with Gasteiger partial charge in [0, 0.05) is 10.7 Å². The lowest BCUT2D eigenvalue weighted by atomic mass is 9.84. The molecule has 0 aliphatic heterocycles. The van der Waals surface area contributed by atoms with Gasteiger partial charge >= 0.3 is 0 Å². The highest BCUT2D eigenvalue weighted by atomic mass is 32.2. The van der Waals surface area contributed by atoms with Gasteiger partial charge in [0.1, 0.15) is 11.4 Å². The van der Waals surface area contributed by atoms with Crippen molar-refractivity contribution in [1.29, 1.82) is 0 Å². The lowest BCUT2D eigenvalue weighted by Gasteiger charge is -2.30. The number of fused-ring (bicyclic) bond motifs is 1. The zero-order valence-electron chi connectivity index (χ0n) is 14.6. The fraction of sp³-hybridized carbons (Fsp3) is 0.250. The summed E-state index contributed by atoms with van der Waals surface area (Å²) in [6.45, 7) is 2.01. The highest BCUT2D eigenvalue weighted by Crippen LogP contribution is 2.40. The molecule has 5 heteroatoms. The third kappa shape index (κ3) is 3.64. The van der Waals surface area contributed by atoms with Crippen molar-refractivity contribution >= 4 is 34.6 Å². The summed E-state index contributed by atoms with van der Waals surface area (Å²) in [6, 6.07) is 17.8. The molecule has 1 atom stereocenters. The largest absolute Gasteiger partial charge is 0.380 e. The van der Waals surface area contributed by atoms with E-state index in [1.54, 1.807) is 23.5 Å². The monoisotopic (exact) mass is 370 g/mol. The Kier molecular flexibility index (Phi) is 5.57. The van der Waals surface area contributed by atoms with Gasteiger partial charge in [0.2, 0.25) is 0 Å². The average Bonchev–Trinajstić information content (AvgIpc) is 3.05. The van der Waals surface area contributed by atoms with Crippen LogP contribution in [0, 0.1) is 0 Å². The summed E-state index contributed by atoms with van der Waals surface area (Å²) in [5.41, 5.74) is 2.65. The number of thioether (sulfide) groups is 2. The lowest BCUT2D eigenvalue weighted by molar-refractivity contribution is 0.0747. The van der Waals surface area contributed by atoms with Crippen LogP contribution >= 0.6 is 23.5 Å². The molecule has 1 unspecified atom stereocenters. The van der Waals surface area contributed by atoms with E-state index in [2.05, 4.69) is 9.97 Å². The van der Waals surface area contributed by atoms with Crippen LogP contribution in [0.4, 0.5) is 0 Å². The Bertz CT molecular complexity index is 850. The van der Waals surface area contributed by atoms with Gasteiger partial charge in [-0.25, -0.2) is 4.98 Å². The fourth-order valence-corrected chi connectivity index (χ4v) is 4.67. The highest BCUT2D eigenvalue weighted by molar-refractivity contribution is 8.21. The van der Waals surface area contributed by atoms with E-state index in [1.165, 1.54) is 0 Å². The number of imidazole rings is 1. The van der Waals surface area contributed by atoms with Gasteiger partial charge in [0.25, 0.3) is 0 Å². The molecule has 3 aromatic rings. The molecule has 0 radical (unpaired) electrons. The van der Waals surface area contributed by atoms with Crippen molar-refractivity contribution in [2.45, 2.75) is 18.9 Å². The highest BCUT2D eigenvalue weighted by Gasteiger charge is 2.34. The summed E-state index contributed by atoms with van der Waals surface area (Å²) in [6.07, 6.45) is 4.49. The Morgan fingerprint density at radius 3 is 2.32 bits per heavy atom. The zero-order valence-corrected chi connectivity index (χ0v) is 16.2. The quantitative estimate of drug-likeness (QED) is 0.644. The molecule has 2 aromatic carbocycles. The van der Waals surface area contributed by atoms with Crippen molar-refractivity contribution in [2.24, 2.45) is 0 Å².